The molecule has 0 saturated carbocycles. The fourth-order valence-electron chi connectivity index (χ4n) is 3.37. The molecule has 1 saturated heterocycles. The Bertz CT molecular complexity index is 931. The van der Waals surface area contributed by atoms with Crippen LogP contribution in [-0.2, 0) is 14.8 Å². The standard InChI is InChI=1S/C20H23ClN2O4S/c1-27-18-8-10-19(11-9-18)28(25,26)23-12-3-2-7-17(23)14-20(24)22-16-6-4-5-15(21)13-16/h4-6,8-11,13,17H,2-3,7,12,14H2,1H3,(H,22,24). The topological polar surface area (TPSA) is 75.7 Å². The molecule has 0 radical (unpaired) electrons. The Hall–Kier alpha value is -2.09. The molecule has 1 aliphatic heterocycles. The molecule has 1 amide bonds. The van der Waals surface area contributed by atoms with Crippen molar-refractivity contribution in [2.75, 3.05) is 19.0 Å². The van der Waals surface area contributed by atoms with E-state index >= 15 is 0 Å². The summed E-state index contributed by atoms with van der Waals surface area (Å²) in [4.78, 5) is 12.7. The summed E-state index contributed by atoms with van der Waals surface area (Å²) < 4.78 is 32.8. The zero-order chi connectivity index (χ0) is 20.1. The minimum absolute atomic E-state index is 0.0991. The van der Waals surface area contributed by atoms with Gasteiger partial charge in [0.25, 0.3) is 0 Å². The Labute approximate surface area is 170 Å². The van der Waals surface area contributed by atoms with Gasteiger partial charge in [-0.15, -0.1) is 0 Å². The predicted molar refractivity (Wildman–Crippen MR) is 109 cm³/mol. The second-order valence-electron chi connectivity index (χ2n) is 6.70. The zero-order valence-electron chi connectivity index (χ0n) is 15.6. The molecule has 0 spiro atoms. The third-order valence-corrected chi connectivity index (χ3v) is 6.97. The van der Waals surface area contributed by atoms with Crippen LogP contribution in [0.4, 0.5) is 5.69 Å². The van der Waals surface area contributed by atoms with Crippen molar-refractivity contribution in [2.45, 2.75) is 36.6 Å². The molecule has 1 atom stereocenters. The molecular weight excluding hydrogens is 400 g/mol. The van der Waals surface area contributed by atoms with Gasteiger partial charge in [0.1, 0.15) is 5.75 Å². The molecule has 1 N–H and O–H groups in total. The van der Waals surface area contributed by atoms with Crippen molar-refractivity contribution < 1.29 is 17.9 Å². The summed E-state index contributed by atoms with van der Waals surface area (Å²) in [5.41, 5.74) is 0.595. The number of nitrogens with one attached hydrogen (secondary N) is 1. The monoisotopic (exact) mass is 422 g/mol. The van der Waals surface area contributed by atoms with Gasteiger partial charge in [0.2, 0.25) is 15.9 Å². The van der Waals surface area contributed by atoms with E-state index in [9.17, 15) is 13.2 Å². The molecule has 28 heavy (non-hydrogen) atoms. The molecule has 1 aliphatic rings. The Morgan fingerprint density at radius 3 is 2.64 bits per heavy atom. The predicted octanol–water partition coefficient (Wildman–Crippen LogP) is 3.92. The van der Waals surface area contributed by atoms with Crippen LogP contribution in [-0.4, -0.2) is 38.3 Å². The maximum atomic E-state index is 13.1. The second-order valence-corrected chi connectivity index (χ2v) is 9.03. The molecule has 1 fully saturated rings. The summed E-state index contributed by atoms with van der Waals surface area (Å²) in [7, 11) is -2.15. The van der Waals surface area contributed by atoms with Crippen LogP contribution >= 0.6 is 11.6 Å². The lowest BCUT2D eigenvalue weighted by molar-refractivity contribution is -0.117. The summed E-state index contributed by atoms with van der Waals surface area (Å²) in [6.07, 6.45) is 2.42. The number of benzene rings is 2. The Kier molecular flexibility index (Phi) is 6.59. The molecule has 150 valence electrons. The zero-order valence-corrected chi connectivity index (χ0v) is 17.2. The van der Waals surface area contributed by atoms with Gasteiger partial charge in [0.05, 0.1) is 12.0 Å². The first-order valence-corrected chi connectivity index (χ1v) is 10.9. The number of sulfonamides is 1. The van der Waals surface area contributed by atoms with Crippen molar-refractivity contribution >= 4 is 33.2 Å². The molecule has 1 heterocycles. The molecule has 0 aromatic heterocycles. The van der Waals surface area contributed by atoms with Gasteiger partial charge in [0, 0.05) is 29.7 Å². The Balaban J connectivity index is 1.74. The number of hydrogen-bond donors (Lipinski definition) is 1. The number of carbonyl (C=O) groups excluding carboxylic acids is 1. The van der Waals surface area contributed by atoms with Crippen LogP contribution in [0.1, 0.15) is 25.7 Å². The van der Waals surface area contributed by atoms with Crippen molar-refractivity contribution in [3.05, 3.63) is 53.6 Å². The Morgan fingerprint density at radius 2 is 1.96 bits per heavy atom. The third-order valence-electron chi connectivity index (χ3n) is 4.77. The highest BCUT2D eigenvalue weighted by atomic mass is 35.5. The van der Waals surface area contributed by atoms with E-state index in [2.05, 4.69) is 5.32 Å². The number of anilines is 1. The molecule has 2 aromatic rings. The van der Waals surface area contributed by atoms with Crippen molar-refractivity contribution in [1.29, 1.82) is 0 Å². The first-order chi connectivity index (χ1) is 13.4. The number of hydrogen-bond acceptors (Lipinski definition) is 4. The van der Waals surface area contributed by atoms with Gasteiger partial charge in [-0.2, -0.15) is 4.31 Å². The van der Waals surface area contributed by atoms with E-state index in [-0.39, 0.29) is 23.3 Å². The van der Waals surface area contributed by atoms with E-state index in [1.165, 1.54) is 23.5 Å². The third kappa shape index (κ3) is 4.84. The second kappa shape index (κ2) is 8.94. The SMILES string of the molecule is COc1ccc(S(=O)(=O)N2CCCCC2CC(=O)Nc2cccc(Cl)c2)cc1. The van der Waals surface area contributed by atoms with E-state index in [4.69, 9.17) is 16.3 Å². The molecule has 2 aromatic carbocycles. The summed E-state index contributed by atoms with van der Waals surface area (Å²) in [6.45, 7) is 0.406. The van der Waals surface area contributed by atoms with Crippen LogP contribution in [0.3, 0.4) is 0 Å². The highest BCUT2D eigenvalue weighted by molar-refractivity contribution is 7.89. The number of ether oxygens (including phenoxy) is 1. The van der Waals surface area contributed by atoms with Crippen LogP contribution in [0, 0.1) is 0 Å². The molecule has 6 nitrogen and oxygen atoms in total. The lowest BCUT2D eigenvalue weighted by atomic mass is 10.0. The molecule has 1 unspecified atom stereocenters. The lowest BCUT2D eigenvalue weighted by Crippen LogP contribution is -2.45. The van der Waals surface area contributed by atoms with Gasteiger partial charge >= 0.3 is 0 Å². The van der Waals surface area contributed by atoms with Crippen LogP contribution in [0.5, 0.6) is 5.75 Å². The highest BCUT2D eigenvalue weighted by Crippen LogP contribution is 2.28. The maximum absolute atomic E-state index is 13.1. The quantitative estimate of drug-likeness (QED) is 0.765. The van der Waals surface area contributed by atoms with E-state index in [0.717, 1.165) is 12.8 Å². The lowest BCUT2D eigenvalue weighted by Gasteiger charge is -2.34. The largest absolute Gasteiger partial charge is 0.497 e. The fourth-order valence-corrected chi connectivity index (χ4v) is 5.25. The van der Waals surface area contributed by atoms with E-state index < -0.39 is 10.0 Å². The van der Waals surface area contributed by atoms with Crippen molar-refractivity contribution in [3.8, 4) is 5.75 Å². The molecule has 8 heteroatoms. The van der Waals surface area contributed by atoms with Crippen LogP contribution in [0.2, 0.25) is 5.02 Å². The van der Waals surface area contributed by atoms with Gasteiger partial charge in [-0.05, 0) is 55.3 Å². The summed E-state index contributed by atoms with van der Waals surface area (Å²) in [5, 5.41) is 3.32. The molecule has 3 rings (SSSR count). The average molecular weight is 423 g/mol. The first kappa shape index (κ1) is 20.6. The number of methoxy groups -OCH3 is 1. The van der Waals surface area contributed by atoms with Crippen LogP contribution < -0.4 is 10.1 Å². The number of halogens is 1. The van der Waals surface area contributed by atoms with Crippen LogP contribution in [0.15, 0.2) is 53.4 Å². The Morgan fingerprint density at radius 1 is 1.21 bits per heavy atom. The van der Waals surface area contributed by atoms with Crippen molar-refractivity contribution in [3.63, 3.8) is 0 Å². The van der Waals surface area contributed by atoms with Gasteiger partial charge < -0.3 is 10.1 Å². The normalized spacial score (nSPS) is 17.9. The van der Waals surface area contributed by atoms with Crippen molar-refractivity contribution in [2.24, 2.45) is 0 Å². The molecular formula is C20H23ClN2O4S. The van der Waals surface area contributed by atoms with E-state index in [1.807, 2.05) is 0 Å². The minimum atomic E-state index is -3.68. The first-order valence-electron chi connectivity index (χ1n) is 9.11. The van der Waals surface area contributed by atoms with Crippen LogP contribution in [0.25, 0.3) is 0 Å². The van der Waals surface area contributed by atoms with Gasteiger partial charge in [0.15, 0.2) is 0 Å². The number of rotatable bonds is 6. The minimum Gasteiger partial charge on any atom is -0.497 e. The fraction of sp³-hybridized carbons (Fsp3) is 0.350. The molecule has 0 bridgehead atoms. The number of amides is 1. The highest BCUT2D eigenvalue weighted by Gasteiger charge is 2.34. The van der Waals surface area contributed by atoms with Gasteiger partial charge in [-0.25, -0.2) is 8.42 Å². The number of piperidine rings is 1. The summed E-state index contributed by atoms with van der Waals surface area (Å²) in [5.74, 6) is 0.360. The average Bonchev–Trinajstić information content (AvgIpc) is 2.68. The van der Waals surface area contributed by atoms with Gasteiger partial charge in [-0.3, -0.25) is 4.79 Å². The molecule has 0 aliphatic carbocycles. The number of carbonyl (C=O) groups is 1. The van der Waals surface area contributed by atoms with E-state index in [1.54, 1.807) is 36.4 Å². The maximum Gasteiger partial charge on any atom is 0.243 e. The van der Waals surface area contributed by atoms with Gasteiger partial charge in [-0.1, -0.05) is 24.1 Å². The van der Waals surface area contributed by atoms with E-state index in [0.29, 0.717) is 29.4 Å². The smallest absolute Gasteiger partial charge is 0.243 e. The van der Waals surface area contributed by atoms with Crippen molar-refractivity contribution in [1.82, 2.24) is 4.31 Å². The summed E-state index contributed by atoms with van der Waals surface area (Å²) >= 11 is 5.94. The number of nitrogens with zero attached hydrogens (tertiary/aromatic N) is 1. The summed E-state index contributed by atoms with van der Waals surface area (Å²) in [6, 6.07) is 12.8.